The second-order valence-electron chi connectivity index (χ2n) is 9.93. The van der Waals surface area contributed by atoms with E-state index in [1.54, 1.807) is 11.1 Å². The number of carbonyl (C=O) groups is 2. The van der Waals surface area contributed by atoms with Crippen LogP contribution in [0.1, 0.15) is 69.7 Å². The largest absolute Gasteiger partial charge is 0.272 e. The Balaban J connectivity index is 1.60. The van der Waals surface area contributed by atoms with Gasteiger partial charge in [-0.1, -0.05) is 12.1 Å². The molecule has 5 rings (SSSR count). The minimum atomic E-state index is -0.475. The first-order valence-corrected chi connectivity index (χ1v) is 10.9. The van der Waals surface area contributed by atoms with Crippen LogP contribution >= 0.6 is 15.9 Å². The van der Waals surface area contributed by atoms with E-state index in [4.69, 9.17) is 0 Å². The summed E-state index contributed by atoms with van der Waals surface area (Å²) in [6, 6.07) is 7.33. The summed E-state index contributed by atoms with van der Waals surface area (Å²) in [6.45, 7) is 5.98. The average molecular weight is 433 g/mol. The van der Waals surface area contributed by atoms with Crippen LogP contribution in [0.4, 0.5) is 0 Å². The van der Waals surface area contributed by atoms with Crippen molar-refractivity contribution in [3.05, 3.63) is 34.3 Å². The Kier molecular flexibility index (Phi) is 4.65. The zero-order valence-corrected chi connectivity index (χ0v) is 18.0. The lowest BCUT2D eigenvalue weighted by atomic mass is 9.49. The standard InChI is InChI=1S/C22H29BrN2O2/c1-21(2,3)25(24-19(26)17-6-4-5-7-18(17)23)20(27)22-11-14-8-15(12-22)10-16(9-14)13-22/h4-7,14-16H,8-13H2,1-3H3,(H,24,26). The van der Waals surface area contributed by atoms with Gasteiger partial charge in [0.25, 0.3) is 5.91 Å². The molecule has 0 heterocycles. The Bertz CT molecular complexity index is 733. The smallest absolute Gasteiger partial charge is 0.271 e. The summed E-state index contributed by atoms with van der Waals surface area (Å²) in [5.41, 5.74) is 2.75. The van der Waals surface area contributed by atoms with Gasteiger partial charge in [0.05, 0.1) is 16.5 Å². The predicted molar refractivity (Wildman–Crippen MR) is 109 cm³/mol. The van der Waals surface area contributed by atoms with Crippen molar-refractivity contribution >= 4 is 27.7 Å². The maximum atomic E-state index is 13.8. The molecule has 27 heavy (non-hydrogen) atoms. The van der Waals surface area contributed by atoms with Crippen molar-refractivity contribution in [1.82, 2.24) is 10.4 Å². The van der Waals surface area contributed by atoms with Gasteiger partial charge in [-0.3, -0.25) is 15.0 Å². The van der Waals surface area contributed by atoms with Crippen molar-refractivity contribution in [2.24, 2.45) is 23.2 Å². The van der Waals surface area contributed by atoms with Crippen LogP contribution in [0.3, 0.4) is 0 Å². The van der Waals surface area contributed by atoms with Crippen LogP contribution in [0.2, 0.25) is 0 Å². The summed E-state index contributed by atoms with van der Waals surface area (Å²) < 4.78 is 0.735. The van der Waals surface area contributed by atoms with E-state index in [-0.39, 0.29) is 17.2 Å². The Morgan fingerprint density at radius 2 is 1.56 bits per heavy atom. The molecule has 146 valence electrons. The average Bonchev–Trinajstić information content (AvgIpc) is 2.57. The quantitative estimate of drug-likeness (QED) is 0.672. The number of carbonyl (C=O) groups excluding carboxylic acids is 2. The number of amides is 2. The fraction of sp³-hybridized carbons (Fsp3) is 0.636. The van der Waals surface area contributed by atoms with Gasteiger partial charge >= 0.3 is 0 Å². The van der Waals surface area contributed by atoms with E-state index in [1.165, 1.54) is 19.3 Å². The van der Waals surface area contributed by atoms with Gasteiger partial charge in [0.15, 0.2) is 0 Å². The number of benzene rings is 1. The molecule has 1 aromatic rings. The Morgan fingerprint density at radius 3 is 2.04 bits per heavy atom. The predicted octanol–water partition coefficient (Wildman–Crippen LogP) is 4.94. The second-order valence-corrected chi connectivity index (χ2v) is 10.8. The highest BCUT2D eigenvalue weighted by Crippen LogP contribution is 2.60. The normalized spacial score (nSPS) is 31.6. The SMILES string of the molecule is CC(C)(C)N(NC(=O)c1ccccc1Br)C(=O)C12CC3CC(CC(C3)C1)C2. The highest BCUT2D eigenvalue weighted by atomic mass is 79.9. The van der Waals surface area contributed by atoms with Crippen LogP contribution in [-0.4, -0.2) is 22.4 Å². The number of hydrogen-bond donors (Lipinski definition) is 1. The molecule has 1 N–H and O–H groups in total. The van der Waals surface area contributed by atoms with E-state index in [2.05, 4.69) is 21.4 Å². The van der Waals surface area contributed by atoms with E-state index in [0.717, 1.165) is 23.7 Å². The van der Waals surface area contributed by atoms with Crippen LogP contribution < -0.4 is 5.43 Å². The highest BCUT2D eigenvalue weighted by molar-refractivity contribution is 9.10. The molecule has 4 nitrogen and oxygen atoms in total. The molecule has 4 aliphatic rings. The highest BCUT2D eigenvalue weighted by Gasteiger charge is 2.56. The first-order chi connectivity index (χ1) is 12.7. The number of halogens is 1. The third-order valence-electron chi connectivity index (χ3n) is 6.70. The zero-order chi connectivity index (χ0) is 19.4. The molecule has 0 atom stereocenters. The van der Waals surface area contributed by atoms with Gasteiger partial charge < -0.3 is 0 Å². The second kappa shape index (κ2) is 6.61. The maximum Gasteiger partial charge on any atom is 0.271 e. The topological polar surface area (TPSA) is 49.4 Å². The summed E-state index contributed by atoms with van der Waals surface area (Å²) in [5.74, 6) is 1.97. The van der Waals surface area contributed by atoms with Crippen molar-refractivity contribution in [2.75, 3.05) is 0 Å². The van der Waals surface area contributed by atoms with Gasteiger partial charge in [0.2, 0.25) is 5.91 Å². The molecule has 2 amide bonds. The molecule has 0 spiro atoms. The summed E-state index contributed by atoms with van der Waals surface area (Å²) in [6.07, 6.45) is 6.88. The van der Waals surface area contributed by atoms with Gasteiger partial charge in [-0.15, -0.1) is 0 Å². The van der Waals surface area contributed by atoms with Crippen LogP contribution in [0.5, 0.6) is 0 Å². The van der Waals surface area contributed by atoms with Crippen molar-refractivity contribution in [2.45, 2.75) is 64.8 Å². The molecule has 0 aromatic heterocycles. The summed E-state index contributed by atoms with van der Waals surface area (Å²) in [5, 5.41) is 1.63. The maximum absolute atomic E-state index is 13.8. The Hall–Kier alpha value is -1.36. The van der Waals surface area contributed by atoms with Gasteiger partial charge in [0, 0.05) is 4.47 Å². The van der Waals surface area contributed by atoms with Crippen LogP contribution in [0, 0.1) is 23.2 Å². The first kappa shape index (κ1) is 19.0. The fourth-order valence-corrected chi connectivity index (χ4v) is 6.40. The summed E-state index contributed by atoms with van der Waals surface area (Å²) in [7, 11) is 0. The van der Waals surface area contributed by atoms with Gasteiger partial charge in [-0.25, -0.2) is 5.01 Å². The van der Waals surface area contributed by atoms with Gasteiger partial charge in [0.1, 0.15) is 0 Å². The monoisotopic (exact) mass is 432 g/mol. The van der Waals surface area contributed by atoms with Crippen molar-refractivity contribution in [3.8, 4) is 0 Å². The fourth-order valence-electron chi connectivity index (χ4n) is 5.94. The molecule has 4 saturated carbocycles. The van der Waals surface area contributed by atoms with E-state index >= 15 is 0 Å². The van der Waals surface area contributed by atoms with Crippen molar-refractivity contribution in [1.29, 1.82) is 0 Å². The molecule has 0 radical (unpaired) electrons. The number of hydrazine groups is 1. The molecule has 5 heteroatoms. The first-order valence-electron chi connectivity index (χ1n) is 10.1. The third kappa shape index (κ3) is 3.43. The molecule has 0 saturated heterocycles. The van der Waals surface area contributed by atoms with E-state index in [1.807, 2.05) is 39.0 Å². The summed E-state index contributed by atoms with van der Waals surface area (Å²) >= 11 is 3.44. The lowest BCUT2D eigenvalue weighted by Gasteiger charge is -2.57. The van der Waals surface area contributed by atoms with Crippen LogP contribution in [0.25, 0.3) is 0 Å². The van der Waals surface area contributed by atoms with Crippen LogP contribution in [0.15, 0.2) is 28.7 Å². The molecule has 0 unspecified atom stereocenters. The van der Waals surface area contributed by atoms with Gasteiger partial charge in [-0.05, 0) is 105 Å². The lowest BCUT2D eigenvalue weighted by molar-refractivity contribution is -0.166. The Morgan fingerprint density at radius 1 is 1.04 bits per heavy atom. The molecular formula is C22H29BrN2O2. The van der Waals surface area contributed by atoms with Crippen molar-refractivity contribution in [3.63, 3.8) is 0 Å². The number of hydrogen-bond acceptors (Lipinski definition) is 2. The van der Waals surface area contributed by atoms with E-state index in [0.29, 0.717) is 23.3 Å². The van der Waals surface area contributed by atoms with Crippen molar-refractivity contribution < 1.29 is 9.59 Å². The third-order valence-corrected chi connectivity index (χ3v) is 7.39. The zero-order valence-electron chi connectivity index (χ0n) is 16.4. The number of rotatable bonds is 2. The number of nitrogens with one attached hydrogen (secondary N) is 1. The van der Waals surface area contributed by atoms with Gasteiger partial charge in [-0.2, -0.15) is 0 Å². The molecule has 4 aliphatic carbocycles. The number of nitrogens with zero attached hydrogens (tertiary/aromatic N) is 1. The lowest BCUT2D eigenvalue weighted by Crippen LogP contribution is -2.63. The summed E-state index contributed by atoms with van der Waals surface area (Å²) in [4.78, 5) is 26.7. The molecule has 4 fully saturated rings. The molecule has 1 aromatic carbocycles. The minimum absolute atomic E-state index is 0.120. The van der Waals surface area contributed by atoms with E-state index < -0.39 is 5.54 Å². The van der Waals surface area contributed by atoms with Crippen LogP contribution in [-0.2, 0) is 4.79 Å². The minimum Gasteiger partial charge on any atom is -0.272 e. The molecule has 4 bridgehead atoms. The molecular weight excluding hydrogens is 404 g/mol. The molecule has 0 aliphatic heterocycles. The Labute approximate surface area is 170 Å². The van der Waals surface area contributed by atoms with E-state index in [9.17, 15) is 9.59 Å².